The summed E-state index contributed by atoms with van der Waals surface area (Å²) in [4.78, 5) is 0. The standard InChI is InChI=1S/C7H12O.N/c8-6-4-7(5-6)2-1-3-7;/h6,8H,1-5H2;. The van der Waals surface area contributed by atoms with Crippen molar-refractivity contribution in [2.75, 3.05) is 0 Å². The van der Waals surface area contributed by atoms with Crippen LogP contribution in [0, 0.1) is 5.41 Å². The smallest absolute Gasteiger partial charge is 0.0550 e. The van der Waals surface area contributed by atoms with Crippen molar-refractivity contribution in [3.8, 4) is 0 Å². The van der Waals surface area contributed by atoms with Crippen LogP contribution >= 0.6 is 0 Å². The van der Waals surface area contributed by atoms with Gasteiger partial charge in [-0.15, -0.1) is 0 Å². The van der Waals surface area contributed by atoms with Gasteiger partial charge in [-0.1, -0.05) is 6.42 Å². The second kappa shape index (κ2) is 1.96. The van der Waals surface area contributed by atoms with Crippen LogP contribution in [0.25, 0.3) is 0 Å². The van der Waals surface area contributed by atoms with Gasteiger partial charge in [-0.25, -0.2) is 0 Å². The Morgan fingerprint density at radius 1 is 1.22 bits per heavy atom. The number of hydrogen-bond acceptors (Lipinski definition) is 1. The molecule has 2 aliphatic carbocycles. The summed E-state index contributed by atoms with van der Waals surface area (Å²) in [5.41, 5.74) is 0.666. The van der Waals surface area contributed by atoms with Crippen molar-refractivity contribution in [3.05, 3.63) is 0 Å². The number of nitrogens with zero attached hydrogens (tertiary/aromatic N) is 1. The first-order valence-electron chi connectivity index (χ1n) is 3.49. The van der Waals surface area contributed by atoms with Gasteiger partial charge in [0, 0.05) is 6.15 Å². The van der Waals surface area contributed by atoms with Crippen molar-refractivity contribution in [2.45, 2.75) is 38.2 Å². The Bertz CT molecular complexity index is 101. The van der Waals surface area contributed by atoms with E-state index in [0.29, 0.717) is 5.41 Å². The Kier molecular flexibility index (Phi) is 1.53. The van der Waals surface area contributed by atoms with Crippen molar-refractivity contribution in [3.63, 3.8) is 0 Å². The van der Waals surface area contributed by atoms with Crippen LogP contribution in [-0.2, 0) is 0 Å². The lowest BCUT2D eigenvalue weighted by molar-refractivity contribution is -0.0811. The van der Waals surface area contributed by atoms with Gasteiger partial charge in [0.15, 0.2) is 0 Å². The third kappa shape index (κ3) is 0.864. The Morgan fingerprint density at radius 3 is 1.89 bits per heavy atom. The van der Waals surface area contributed by atoms with Crippen molar-refractivity contribution in [1.82, 2.24) is 6.15 Å². The largest absolute Gasteiger partial charge is 0.393 e. The first-order chi connectivity index (χ1) is 3.81. The van der Waals surface area contributed by atoms with Crippen LogP contribution in [0.5, 0.6) is 0 Å². The lowest BCUT2D eigenvalue weighted by Gasteiger charge is -2.52. The lowest BCUT2D eigenvalue weighted by atomic mass is 9.55. The minimum absolute atomic E-state index is 0. The summed E-state index contributed by atoms with van der Waals surface area (Å²) >= 11 is 0. The van der Waals surface area contributed by atoms with Crippen LogP contribution in [0.1, 0.15) is 32.1 Å². The minimum atomic E-state index is 0. The summed E-state index contributed by atoms with van der Waals surface area (Å²) in [7, 11) is 0. The molecular formula is C7H12NO. The van der Waals surface area contributed by atoms with E-state index in [-0.39, 0.29) is 12.3 Å². The van der Waals surface area contributed by atoms with E-state index in [1.165, 1.54) is 19.3 Å². The third-order valence-electron chi connectivity index (χ3n) is 2.75. The van der Waals surface area contributed by atoms with E-state index in [9.17, 15) is 0 Å². The van der Waals surface area contributed by atoms with Crippen LogP contribution in [0.2, 0.25) is 0 Å². The molecule has 0 aliphatic heterocycles. The number of hydrogen-bond donors (Lipinski definition) is 1. The maximum Gasteiger partial charge on any atom is 0.0550 e. The highest BCUT2D eigenvalue weighted by molar-refractivity contribution is 4.98. The summed E-state index contributed by atoms with van der Waals surface area (Å²) in [6, 6.07) is 0. The van der Waals surface area contributed by atoms with Gasteiger partial charge < -0.3 is 5.11 Å². The maximum atomic E-state index is 8.95. The highest BCUT2D eigenvalue weighted by Gasteiger charge is 2.47. The van der Waals surface area contributed by atoms with Crippen molar-refractivity contribution in [2.24, 2.45) is 5.41 Å². The molecule has 0 atom stereocenters. The van der Waals surface area contributed by atoms with E-state index >= 15 is 0 Å². The Hall–Kier alpha value is -0.0800. The summed E-state index contributed by atoms with van der Waals surface area (Å²) in [5, 5.41) is 8.95. The molecular weight excluding hydrogens is 114 g/mol. The molecule has 2 saturated carbocycles. The monoisotopic (exact) mass is 126 g/mol. The second-order valence-electron chi connectivity index (χ2n) is 3.42. The molecule has 3 radical (unpaired) electrons. The average Bonchev–Trinajstić information content (AvgIpc) is 1.51. The summed E-state index contributed by atoms with van der Waals surface area (Å²) < 4.78 is 0. The highest BCUT2D eigenvalue weighted by Crippen LogP contribution is 2.55. The Labute approximate surface area is 55.8 Å². The normalized spacial score (nSPS) is 30.3. The molecule has 0 unspecified atom stereocenters. The van der Waals surface area contributed by atoms with E-state index in [1.807, 2.05) is 0 Å². The van der Waals surface area contributed by atoms with Crippen molar-refractivity contribution >= 4 is 0 Å². The second-order valence-corrected chi connectivity index (χ2v) is 3.42. The molecule has 0 amide bonds. The van der Waals surface area contributed by atoms with E-state index in [0.717, 1.165) is 12.8 Å². The first-order valence-corrected chi connectivity index (χ1v) is 3.49. The molecule has 2 nitrogen and oxygen atoms in total. The fourth-order valence-corrected chi connectivity index (χ4v) is 2.02. The summed E-state index contributed by atoms with van der Waals surface area (Å²) in [6.45, 7) is 0. The quantitative estimate of drug-likeness (QED) is 0.513. The molecule has 1 N–H and O–H groups in total. The molecule has 2 fully saturated rings. The molecule has 2 rings (SSSR count). The van der Waals surface area contributed by atoms with E-state index in [4.69, 9.17) is 5.11 Å². The Morgan fingerprint density at radius 2 is 1.78 bits per heavy atom. The molecule has 0 bridgehead atoms. The van der Waals surface area contributed by atoms with Gasteiger partial charge in [-0.3, -0.25) is 0 Å². The van der Waals surface area contributed by atoms with Gasteiger partial charge in [0.05, 0.1) is 6.10 Å². The zero-order chi connectivity index (χ0) is 5.61. The van der Waals surface area contributed by atoms with Crippen LogP contribution in [0.4, 0.5) is 0 Å². The zero-order valence-electron chi connectivity index (χ0n) is 5.51. The van der Waals surface area contributed by atoms with Crippen molar-refractivity contribution in [1.29, 1.82) is 0 Å². The molecule has 0 aromatic carbocycles. The number of aliphatic hydroxyl groups excluding tert-OH is 1. The molecule has 9 heavy (non-hydrogen) atoms. The molecule has 2 heteroatoms. The highest BCUT2D eigenvalue weighted by atomic mass is 16.3. The van der Waals surface area contributed by atoms with Crippen molar-refractivity contribution < 1.29 is 5.11 Å². The molecule has 0 saturated heterocycles. The lowest BCUT2D eigenvalue weighted by Crippen LogP contribution is -2.45. The van der Waals surface area contributed by atoms with E-state index < -0.39 is 0 Å². The minimum Gasteiger partial charge on any atom is -0.393 e. The van der Waals surface area contributed by atoms with Gasteiger partial charge in [-0.05, 0) is 31.1 Å². The van der Waals surface area contributed by atoms with Gasteiger partial charge in [0.2, 0.25) is 0 Å². The van der Waals surface area contributed by atoms with Gasteiger partial charge in [0.1, 0.15) is 0 Å². The Balaban J connectivity index is 0.000000405. The fraction of sp³-hybridized carbons (Fsp3) is 1.00. The molecule has 0 aromatic heterocycles. The third-order valence-corrected chi connectivity index (χ3v) is 2.75. The van der Waals surface area contributed by atoms with Gasteiger partial charge in [0.25, 0.3) is 0 Å². The molecule has 0 heterocycles. The number of rotatable bonds is 0. The zero-order valence-corrected chi connectivity index (χ0v) is 5.51. The molecule has 2 aliphatic rings. The van der Waals surface area contributed by atoms with E-state index in [1.54, 1.807) is 0 Å². The molecule has 0 aromatic rings. The van der Waals surface area contributed by atoms with Gasteiger partial charge >= 0.3 is 0 Å². The SMILES string of the molecule is OC1CC2(CCC2)C1.[N]. The van der Waals surface area contributed by atoms with Crippen LogP contribution in [-0.4, -0.2) is 11.2 Å². The average molecular weight is 126 g/mol. The predicted molar refractivity (Wildman–Crippen MR) is 33.7 cm³/mol. The van der Waals surface area contributed by atoms with Crippen LogP contribution in [0.3, 0.4) is 0 Å². The topological polar surface area (TPSA) is 50.7 Å². The maximum absolute atomic E-state index is 8.95. The first kappa shape index (κ1) is 7.03. The molecule has 51 valence electrons. The molecule has 1 spiro atoms. The fourth-order valence-electron chi connectivity index (χ4n) is 2.02. The summed E-state index contributed by atoms with van der Waals surface area (Å²) in [5.74, 6) is 0. The van der Waals surface area contributed by atoms with Gasteiger partial charge in [-0.2, -0.15) is 0 Å². The van der Waals surface area contributed by atoms with E-state index in [2.05, 4.69) is 0 Å². The predicted octanol–water partition coefficient (Wildman–Crippen LogP) is 0.831. The van der Waals surface area contributed by atoms with Crippen LogP contribution in [0.15, 0.2) is 0 Å². The number of aliphatic hydroxyl groups is 1. The summed E-state index contributed by atoms with van der Waals surface area (Å²) in [6.07, 6.45) is 6.47. The van der Waals surface area contributed by atoms with Crippen LogP contribution < -0.4 is 6.15 Å².